The SMILES string of the molecule is CCC1CCC(C2CCC3(CC2)CC(=O)c2cc(OCc4cc(C)cc(N)c4)ccc2O3)CC1. The number of hydrogen-bond donors (Lipinski definition) is 1. The van der Waals surface area contributed by atoms with Crippen LogP contribution in [0.5, 0.6) is 11.5 Å². The third-order valence-corrected chi connectivity index (χ3v) is 8.70. The molecule has 0 atom stereocenters. The average Bonchev–Trinajstić information content (AvgIpc) is 2.83. The van der Waals surface area contributed by atoms with E-state index in [2.05, 4.69) is 13.0 Å². The molecule has 2 aromatic carbocycles. The summed E-state index contributed by atoms with van der Waals surface area (Å²) < 4.78 is 12.5. The van der Waals surface area contributed by atoms with E-state index < -0.39 is 0 Å². The van der Waals surface area contributed by atoms with E-state index in [9.17, 15) is 4.79 Å². The first-order valence-electron chi connectivity index (χ1n) is 13.3. The molecular formula is C30H39NO3. The van der Waals surface area contributed by atoms with Gasteiger partial charge >= 0.3 is 0 Å². The lowest BCUT2D eigenvalue weighted by Gasteiger charge is -2.45. The Morgan fingerprint density at radius 2 is 1.74 bits per heavy atom. The molecule has 1 spiro atoms. The summed E-state index contributed by atoms with van der Waals surface area (Å²) >= 11 is 0. The van der Waals surface area contributed by atoms with Crippen molar-refractivity contribution in [2.24, 2.45) is 17.8 Å². The van der Waals surface area contributed by atoms with Crippen LogP contribution in [-0.2, 0) is 6.61 Å². The van der Waals surface area contributed by atoms with Gasteiger partial charge in [-0.25, -0.2) is 0 Å². The Morgan fingerprint density at radius 1 is 1.00 bits per heavy atom. The van der Waals surface area contributed by atoms with E-state index in [0.717, 1.165) is 53.2 Å². The Morgan fingerprint density at radius 3 is 2.44 bits per heavy atom. The monoisotopic (exact) mass is 461 g/mol. The number of rotatable bonds is 5. The number of fused-ring (bicyclic) bond motifs is 1. The van der Waals surface area contributed by atoms with Crippen molar-refractivity contribution in [2.75, 3.05) is 5.73 Å². The molecule has 0 amide bonds. The van der Waals surface area contributed by atoms with E-state index in [-0.39, 0.29) is 11.4 Å². The van der Waals surface area contributed by atoms with E-state index in [1.54, 1.807) is 0 Å². The summed E-state index contributed by atoms with van der Waals surface area (Å²) in [4.78, 5) is 13.2. The lowest BCUT2D eigenvalue weighted by atomic mass is 9.66. The maximum atomic E-state index is 13.2. The molecule has 0 aromatic heterocycles. The normalized spacial score (nSPS) is 28.9. The Labute approximate surface area is 204 Å². The second-order valence-corrected chi connectivity index (χ2v) is 11.1. The van der Waals surface area contributed by atoms with Crippen LogP contribution < -0.4 is 15.2 Å². The highest BCUT2D eigenvalue weighted by Gasteiger charge is 2.44. The molecule has 0 radical (unpaired) electrons. The summed E-state index contributed by atoms with van der Waals surface area (Å²) in [6, 6.07) is 11.6. The molecule has 2 N–H and O–H groups in total. The first kappa shape index (κ1) is 23.3. The minimum absolute atomic E-state index is 0.188. The standard InChI is InChI=1S/C30H39NO3/c1-3-21-4-6-23(7-5-21)24-10-12-30(13-11-24)18-28(32)27-17-26(8-9-29(27)34-30)33-19-22-14-20(2)15-25(31)16-22/h8-9,14-17,21,23-24H,3-7,10-13,18-19,31H2,1-2H3. The average molecular weight is 462 g/mol. The van der Waals surface area contributed by atoms with Gasteiger partial charge in [0.15, 0.2) is 5.78 Å². The second-order valence-electron chi connectivity index (χ2n) is 11.1. The fraction of sp³-hybridized carbons (Fsp3) is 0.567. The number of carbonyl (C=O) groups is 1. The molecule has 0 bridgehead atoms. The Hall–Kier alpha value is -2.49. The molecule has 2 aliphatic carbocycles. The first-order chi connectivity index (χ1) is 16.4. The fourth-order valence-corrected chi connectivity index (χ4v) is 6.69. The second kappa shape index (κ2) is 9.64. The molecule has 4 heteroatoms. The predicted octanol–water partition coefficient (Wildman–Crippen LogP) is 7.27. The Balaban J connectivity index is 1.20. The van der Waals surface area contributed by atoms with Crippen LogP contribution in [0.4, 0.5) is 5.69 Å². The van der Waals surface area contributed by atoms with E-state index in [1.165, 1.54) is 44.9 Å². The molecule has 1 aliphatic heterocycles. The number of benzene rings is 2. The van der Waals surface area contributed by atoms with Gasteiger partial charge in [0.05, 0.1) is 12.0 Å². The Bertz CT molecular complexity index is 1010. The molecule has 34 heavy (non-hydrogen) atoms. The summed E-state index contributed by atoms with van der Waals surface area (Å²) in [6.07, 6.45) is 11.9. The van der Waals surface area contributed by atoms with Crippen LogP contribution in [0.2, 0.25) is 0 Å². The maximum Gasteiger partial charge on any atom is 0.170 e. The predicted molar refractivity (Wildman–Crippen MR) is 136 cm³/mol. The Kier molecular flexibility index (Phi) is 6.59. The minimum atomic E-state index is -0.303. The number of ether oxygens (including phenoxy) is 2. The van der Waals surface area contributed by atoms with Crippen LogP contribution in [0.3, 0.4) is 0 Å². The summed E-state index contributed by atoms with van der Waals surface area (Å²) in [5.41, 5.74) is 9.18. The zero-order chi connectivity index (χ0) is 23.7. The summed E-state index contributed by atoms with van der Waals surface area (Å²) in [7, 11) is 0. The van der Waals surface area contributed by atoms with Crippen molar-refractivity contribution in [3.63, 3.8) is 0 Å². The molecule has 1 heterocycles. The fourth-order valence-electron chi connectivity index (χ4n) is 6.69. The van der Waals surface area contributed by atoms with E-state index >= 15 is 0 Å². The third-order valence-electron chi connectivity index (χ3n) is 8.70. The summed E-state index contributed by atoms with van der Waals surface area (Å²) in [5.74, 6) is 4.26. The van der Waals surface area contributed by atoms with Gasteiger partial charge < -0.3 is 15.2 Å². The van der Waals surface area contributed by atoms with Crippen LogP contribution in [0.15, 0.2) is 36.4 Å². The topological polar surface area (TPSA) is 61.5 Å². The number of aryl methyl sites for hydroxylation is 1. The van der Waals surface area contributed by atoms with Crippen LogP contribution in [0.25, 0.3) is 0 Å². The van der Waals surface area contributed by atoms with Gasteiger partial charge in [0.25, 0.3) is 0 Å². The summed E-state index contributed by atoms with van der Waals surface area (Å²) in [6.45, 7) is 4.78. The lowest BCUT2D eigenvalue weighted by molar-refractivity contribution is -0.00936. The molecule has 2 fully saturated rings. The maximum absolute atomic E-state index is 13.2. The van der Waals surface area contributed by atoms with Crippen LogP contribution in [0, 0.1) is 24.7 Å². The number of nitrogens with two attached hydrogens (primary N) is 1. The zero-order valence-corrected chi connectivity index (χ0v) is 20.8. The molecule has 182 valence electrons. The molecule has 0 unspecified atom stereocenters. The number of hydrogen-bond acceptors (Lipinski definition) is 4. The van der Waals surface area contributed by atoms with Gasteiger partial charge in [0, 0.05) is 5.69 Å². The minimum Gasteiger partial charge on any atom is -0.489 e. The highest BCUT2D eigenvalue weighted by atomic mass is 16.5. The number of carbonyl (C=O) groups excluding carboxylic acids is 1. The summed E-state index contributed by atoms with van der Waals surface area (Å²) in [5, 5.41) is 0. The molecule has 2 saturated carbocycles. The van der Waals surface area contributed by atoms with Crippen molar-refractivity contribution in [3.8, 4) is 11.5 Å². The van der Waals surface area contributed by atoms with Crippen molar-refractivity contribution in [1.29, 1.82) is 0 Å². The highest BCUT2D eigenvalue weighted by molar-refractivity contribution is 6.00. The first-order valence-corrected chi connectivity index (χ1v) is 13.3. The smallest absolute Gasteiger partial charge is 0.170 e. The molecule has 4 nitrogen and oxygen atoms in total. The van der Waals surface area contributed by atoms with Gasteiger partial charge in [-0.15, -0.1) is 0 Å². The zero-order valence-electron chi connectivity index (χ0n) is 20.8. The number of nitrogen functional groups attached to an aromatic ring is 1. The van der Waals surface area contributed by atoms with Crippen LogP contribution in [-0.4, -0.2) is 11.4 Å². The van der Waals surface area contributed by atoms with Crippen LogP contribution in [0.1, 0.15) is 92.6 Å². The van der Waals surface area contributed by atoms with Crippen molar-refractivity contribution >= 4 is 11.5 Å². The number of Topliss-reactive ketones (excluding diaryl/α,β-unsaturated/α-hetero) is 1. The molecule has 0 saturated heterocycles. The molecule has 3 aliphatic rings. The highest BCUT2D eigenvalue weighted by Crippen LogP contribution is 2.48. The lowest BCUT2D eigenvalue weighted by Crippen LogP contribution is -2.45. The molecule has 5 rings (SSSR count). The van der Waals surface area contributed by atoms with E-state index in [1.807, 2.05) is 37.3 Å². The van der Waals surface area contributed by atoms with Gasteiger partial charge in [-0.2, -0.15) is 0 Å². The van der Waals surface area contributed by atoms with Gasteiger partial charge in [-0.3, -0.25) is 4.79 Å². The largest absolute Gasteiger partial charge is 0.489 e. The van der Waals surface area contributed by atoms with Gasteiger partial charge in [-0.1, -0.05) is 32.3 Å². The van der Waals surface area contributed by atoms with Crippen LogP contribution >= 0.6 is 0 Å². The van der Waals surface area contributed by atoms with Gasteiger partial charge in [0.1, 0.15) is 23.7 Å². The number of ketones is 1. The van der Waals surface area contributed by atoms with Crippen molar-refractivity contribution in [2.45, 2.75) is 90.3 Å². The molecule has 2 aromatic rings. The van der Waals surface area contributed by atoms with Crippen molar-refractivity contribution < 1.29 is 14.3 Å². The third kappa shape index (κ3) is 4.96. The molecular weight excluding hydrogens is 422 g/mol. The quantitative estimate of drug-likeness (QED) is 0.476. The van der Waals surface area contributed by atoms with Gasteiger partial charge in [0.2, 0.25) is 0 Å². The van der Waals surface area contributed by atoms with E-state index in [0.29, 0.717) is 24.3 Å². The number of anilines is 1. The van der Waals surface area contributed by atoms with Crippen molar-refractivity contribution in [1.82, 2.24) is 0 Å². The van der Waals surface area contributed by atoms with E-state index in [4.69, 9.17) is 15.2 Å². The van der Waals surface area contributed by atoms with Crippen molar-refractivity contribution in [3.05, 3.63) is 53.1 Å². The van der Waals surface area contributed by atoms with Gasteiger partial charge in [-0.05, 0) is 105 Å².